The summed E-state index contributed by atoms with van der Waals surface area (Å²) in [5, 5.41) is 4.29. The highest BCUT2D eigenvalue weighted by molar-refractivity contribution is 5.88. The Morgan fingerprint density at radius 3 is 2.73 bits per heavy atom. The summed E-state index contributed by atoms with van der Waals surface area (Å²) in [4.78, 5) is 18.4. The van der Waals surface area contributed by atoms with E-state index in [4.69, 9.17) is 0 Å². The highest BCUT2D eigenvalue weighted by atomic mass is 16.2. The predicted molar refractivity (Wildman–Crippen MR) is 85.5 cm³/mol. The van der Waals surface area contributed by atoms with Crippen molar-refractivity contribution in [2.75, 3.05) is 53.4 Å². The summed E-state index contributed by atoms with van der Waals surface area (Å²) >= 11 is 0. The molecule has 1 aromatic heterocycles. The molecule has 1 amide bonds. The van der Waals surface area contributed by atoms with E-state index < -0.39 is 0 Å². The van der Waals surface area contributed by atoms with Gasteiger partial charge in [-0.1, -0.05) is 6.08 Å². The van der Waals surface area contributed by atoms with Crippen LogP contribution >= 0.6 is 0 Å². The fraction of sp³-hybridized carbons (Fsp3) is 0.625. The minimum atomic E-state index is 0.149. The van der Waals surface area contributed by atoms with Crippen LogP contribution < -0.4 is 0 Å². The smallest absolute Gasteiger partial charge is 0.246 e. The Kier molecular flexibility index (Phi) is 4.59. The van der Waals surface area contributed by atoms with Gasteiger partial charge in [0.15, 0.2) is 0 Å². The van der Waals surface area contributed by atoms with Crippen molar-refractivity contribution in [2.45, 2.75) is 6.04 Å². The Morgan fingerprint density at radius 2 is 2.09 bits per heavy atom. The van der Waals surface area contributed by atoms with Crippen molar-refractivity contribution in [2.24, 2.45) is 5.92 Å². The van der Waals surface area contributed by atoms with E-state index in [2.05, 4.69) is 10.00 Å². The molecule has 0 N–H and O–H groups in total. The maximum absolute atomic E-state index is 11.9. The molecule has 0 saturated carbocycles. The molecule has 0 spiro atoms. The Hall–Kier alpha value is -1.66. The summed E-state index contributed by atoms with van der Waals surface area (Å²) in [6.07, 6.45) is 7.50. The molecule has 6 heteroatoms. The molecule has 0 unspecified atom stereocenters. The van der Waals surface area contributed by atoms with Crippen LogP contribution in [0.3, 0.4) is 0 Å². The minimum absolute atomic E-state index is 0.149. The van der Waals surface area contributed by atoms with Crippen LogP contribution in [0.15, 0.2) is 30.6 Å². The number of likely N-dealkylation sites (tertiary alicyclic amines) is 2. The molecule has 0 aliphatic carbocycles. The summed E-state index contributed by atoms with van der Waals surface area (Å²) in [5.41, 5.74) is 0. The number of carbonyl (C=O) groups excluding carboxylic acids is 1. The van der Waals surface area contributed by atoms with Gasteiger partial charge in [0.25, 0.3) is 0 Å². The Balaban J connectivity index is 1.31. The van der Waals surface area contributed by atoms with Crippen molar-refractivity contribution in [3.8, 4) is 0 Å². The van der Waals surface area contributed by atoms with Crippen LogP contribution in [0, 0.1) is 5.92 Å². The molecule has 3 heterocycles. The van der Waals surface area contributed by atoms with E-state index in [9.17, 15) is 4.79 Å². The Morgan fingerprint density at radius 1 is 1.32 bits per heavy atom. The van der Waals surface area contributed by atoms with Crippen LogP contribution in [0.25, 0.3) is 0 Å². The normalized spacial score (nSPS) is 20.6. The zero-order valence-corrected chi connectivity index (χ0v) is 13.4. The fourth-order valence-electron chi connectivity index (χ4n) is 3.06. The highest BCUT2D eigenvalue weighted by Gasteiger charge is 2.35. The second-order valence-corrected chi connectivity index (χ2v) is 6.63. The summed E-state index contributed by atoms with van der Waals surface area (Å²) in [6, 6.07) is 2.50. The van der Waals surface area contributed by atoms with Crippen LogP contribution in [0.5, 0.6) is 0 Å². The van der Waals surface area contributed by atoms with Crippen molar-refractivity contribution >= 4 is 5.91 Å². The molecule has 2 saturated heterocycles. The van der Waals surface area contributed by atoms with Gasteiger partial charge in [0.1, 0.15) is 0 Å². The van der Waals surface area contributed by atoms with Gasteiger partial charge >= 0.3 is 0 Å². The number of nitrogens with zero attached hydrogens (tertiary/aromatic N) is 5. The van der Waals surface area contributed by atoms with Gasteiger partial charge in [-0.3, -0.25) is 14.4 Å². The molecule has 6 nitrogen and oxygen atoms in total. The molecule has 22 heavy (non-hydrogen) atoms. The van der Waals surface area contributed by atoms with Gasteiger partial charge in [-0.05, 0) is 20.2 Å². The number of hydrogen-bond acceptors (Lipinski definition) is 4. The second-order valence-electron chi connectivity index (χ2n) is 6.63. The molecule has 0 radical (unpaired) electrons. The molecule has 3 rings (SSSR count). The summed E-state index contributed by atoms with van der Waals surface area (Å²) in [5.74, 6) is 0.779. The average molecular weight is 303 g/mol. The number of rotatable bonds is 6. The minimum Gasteiger partial charge on any atom is -0.338 e. The summed E-state index contributed by atoms with van der Waals surface area (Å²) < 4.78 is 2.04. The van der Waals surface area contributed by atoms with Crippen molar-refractivity contribution in [3.63, 3.8) is 0 Å². The van der Waals surface area contributed by atoms with Gasteiger partial charge in [0.05, 0.1) is 6.04 Å². The topological polar surface area (TPSA) is 44.6 Å². The van der Waals surface area contributed by atoms with Gasteiger partial charge in [0, 0.05) is 63.7 Å². The Bertz CT molecular complexity index is 513. The number of likely N-dealkylation sites (N-methyl/N-ethyl adjacent to an activating group) is 1. The third kappa shape index (κ3) is 3.56. The van der Waals surface area contributed by atoms with Crippen molar-refractivity contribution in [1.29, 1.82) is 0 Å². The lowest BCUT2D eigenvalue weighted by Crippen LogP contribution is -2.57. The molecule has 0 aromatic carbocycles. The molecule has 2 aliphatic rings. The SMILES string of the molecule is CN(C)CC=CC(=O)N1CC(CN2CC(n3cccn3)C2)C1. The maximum Gasteiger partial charge on any atom is 0.246 e. The molecule has 120 valence electrons. The predicted octanol–water partition coefficient (Wildman–Crippen LogP) is 0.316. The third-order valence-corrected chi connectivity index (χ3v) is 4.35. The van der Waals surface area contributed by atoms with Crippen molar-refractivity contribution in [3.05, 3.63) is 30.6 Å². The number of aromatic nitrogens is 2. The standard InChI is InChI=1S/C16H25N5O/c1-18(2)7-3-5-16(22)20-10-14(11-20)9-19-12-15(13-19)21-8-4-6-17-21/h3-6,8,14-15H,7,9-13H2,1-2H3. The van der Waals surface area contributed by atoms with Gasteiger partial charge in [-0.2, -0.15) is 5.10 Å². The fourth-order valence-corrected chi connectivity index (χ4v) is 3.06. The maximum atomic E-state index is 11.9. The number of carbonyl (C=O) groups is 1. The highest BCUT2D eigenvalue weighted by Crippen LogP contribution is 2.24. The molecular weight excluding hydrogens is 278 g/mol. The number of hydrogen-bond donors (Lipinski definition) is 0. The summed E-state index contributed by atoms with van der Waals surface area (Å²) in [7, 11) is 4.00. The monoisotopic (exact) mass is 303 g/mol. The van der Waals surface area contributed by atoms with Gasteiger partial charge in [-0.25, -0.2) is 0 Å². The first-order valence-electron chi connectivity index (χ1n) is 7.93. The first-order chi connectivity index (χ1) is 10.6. The Labute approximate surface area is 132 Å². The average Bonchev–Trinajstić information content (AvgIpc) is 2.87. The lowest BCUT2D eigenvalue weighted by molar-refractivity contribution is -0.133. The zero-order valence-electron chi connectivity index (χ0n) is 13.4. The first-order valence-corrected chi connectivity index (χ1v) is 7.93. The molecule has 2 fully saturated rings. The van der Waals surface area contributed by atoms with Gasteiger partial charge in [-0.15, -0.1) is 0 Å². The zero-order chi connectivity index (χ0) is 15.5. The first kappa shape index (κ1) is 15.2. The molecule has 0 atom stereocenters. The van der Waals surface area contributed by atoms with Crippen molar-refractivity contribution in [1.82, 2.24) is 24.5 Å². The van der Waals surface area contributed by atoms with Crippen LogP contribution in [-0.4, -0.2) is 83.8 Å². The summed E-state index contributed by atoms with van der Waals surface area (Å²) in [6.45, 7) is 5.86. The van der Waals surface area contributed by atoms with Crippen molar-refractivity contribution < 1.29 is 4.79 Å². The van der Waals surface area contributed by atoms with E-state index in [-0.39, 0.29) is 5.91 Å². The quantitative estimate of drug-likeness (QED) is 0.710. The largest absolute Gasteiger partial charge is 0.338 e. The van der Waals surface area contributed by atoms with E-state index >= 15 is 0 Å². The van der Waals surface area contributed by atoms with E-state index in [0.717, 1.165) is 39.3 Å². The number of amides is 1. The van der Waals surface area contributed by atoms with E-state index in [1.807, 2.05) is 53.1 Å². The van der Waals surface area contributed by atoms with E-state index in [1.54, 1.807) is 6.08 Å². The molecule has 0 bridgehead atoms. The lowest BCUT2D eigenvalue weighted by atomic mass is 9.96. The van der Waals surface area contributed by atoms with Gasteiger partial charge < -0.3 is 9.80 Å². The molecule has 1 aromatic rings. The molecular formula is C16H25N5O. The molecule has 2 aliphatic heterocycles. The lowest BCUT2D eigenvalue weighted by Gasteiger charge is -2.46. The van der Waals surface area contributed by atoms with E-state index in [0.29, 0.717) is 12.0 Å². The third-order valence-electron chi connectivity index (χ3n) is 4.35. The van der Waals surface area contributed by atoms with Crippen LogP contribution in [0.1, 0.15) is 6.04 Å². The van der Waals surface area contributed by atoms with Crippen LogP contribution in [0.4, 0.5) is 0 Å². The van der Waals surface area contributed by atoms with Crippen LogP contribution in [-0.2, 0) is 4.79 Å². The van der Waals surface area contributed by atoms with E-state index in [1.165, 1.54) is 0 Å². The van der Waals surface area contributed by atoms with Gasteiger partial charge in [0.2, 0.25) is 5.91 Å². The van der Waals surface area contributed by atoms with Crippen LogP contribution in [0.2, 0.25) is 0 Å². The second kappa shape index (κ2) is 6.62.